The maximum absolute atomic E-state index is 13.6. The standard InChI is InChI=1S/C25H31ClFN5O5S2/c1-17-19(32-10-3-6-23(32)33)4-2-5-21(17)39(36,37)29-18(16-28-24(34)20-7-8-22(26)38-20)25(35)31-14-12-30(11-9-27)13-15-31/h2,4-5,7-8,18,29H,3,6,9-16H2,1H3,(H,28,34)/t18-/m0/s1. The number of nitrogens with one attached hydrogen (secondary N) is 2. The van der Waals surface area contributed by atoms with Gasteiger partial charge in [-0.1, -0.05) is 17.7 Å². The summed E-state index contributed by atoms with van der Waals surface area (Å²) in [4.78, 5) is 43.7. The van der Waals surface area contributed by atoms with Gasteiger partial charge in [-0.15, -0.1) is 11.3 Å². The number of hydrogen-bond acceptors (Lipinski definition) is 7. The number of benzene rings is 1. The highest BCUT2D eigenvalue weighted by molar-refractivity contribution is 7.89. The number of carbonyl (C=O) groups excluding carboxylic acids is 3. The Morgan fingerprint density at radius 2 is 1.87 bits per heavy atom. The molecule has 10 nitrogen and oxygen atoms in total. The lowest BCUT2D eigenvalue weighted by Gasteiger charge is -2.36. The molecule has 3 heterocycles. The van der Waals surface area contributed by atoms with Crippen LogP contribution >= 0.6 is 22.9 Å². The fourth-order valence-electron chi connectivity index (χ4n) is 4.77. The van der Waals surface area contributed by atoms with E-state index < -0.39 is 34.6 Å². The molecule has 212 valence electrons. The topological polar surface area (TPSA) is 119 Å². The van der Waals surface area contributed by atoms with Crippen LogP contribution in [-0.2, 0) is 19.6 Å². The van der Waals surface area contributed by atoms with Crippen LogP contribution in [0.15, 0.2) is 35.2 Å². The van der Waals surface area contributed by atoms with Crippen molar-refractivity contribution >= 4 is 56.4 Å². The van der Waals surface area contributed by atoms with Gasteiger partial charge in [0.15, 0.2) is 0 Å². The van der Waals surface area contributed by atoms with Crippen molar-refractivity contribution in [2.24, 2.45) is 0 Å². The second-order valence-electron chi connectivity index (χ2n) is 9.39. The minimum absolute atomic E-state index is 0.0540. The number of anilines is 1. The molecule has 0 bridgehead atoms. The quantitative estimate of drug-likeness (QED) is 0.431. The van der Waals surface area contributed by atoms with E-state index in [0.29, 0.717) is 66.0 Å². The van der Waals surface area contributed by atoms with Crippen molar-refractivity contribution in [3.8, 4) is 0 Å². The van der Waals surface area contributed by atoms with E-state index in [0.717, 1.165) is 11.3 Å². The van der Waals surface area contributed by atoms with Gasteiger partial charge < -0.3 is 15.1 Å². The summed E-state index contributed by atoms with van der Waals surface area (Å²) in [7, 11) is -4.24. The van der Waals surface area contributed by atoms with Crippen molar-refractivity contribution in [2.45, 2.75) is 30.7 Å². The number of rotatable bonds is 10. The third-order valence-corrected chi connectivity index (χ3v) is 9.70. The maximum Gasteiger partial charge on any atom is 0.261 e. The van der Waals surface area contributed by atoms with Crippen molar-refractivity contribution in [1.82, 2.24) is 19.8 Å². The summed E-state index contributed by atoms with van der Waals surface area (Å²) in [6.07, 6.45) is 1.09. The highest BCUT2D eigenvalue weighted by atomic mass is 35.5. The van der Waals surface area contributed by atoms with Crippen LogP contribution in [0.1, 0.15) is 28.1 Å². The molecule has 1 aromatic heterocycles. The van der Waals surface area contributed by atoms with Crippen molar-refractivity contribution in [3.05, 3.63) is 45.1 Å². The molecule has 3 amide bonds. The van der Waals surface area contributed by atoms with Gasteiger partial charge >= 0.3 is 0 Å². The van der Waals surface area contributed by atoms with E-state index in [1.807, 2.05) is 4.90 Å². The lowest BCUT2D eigenvalue weighted by molar-refractivity contribution is -0.134. The summed E-state index contributed by atoms with van der Waals surface area (Å²) in [5.74, 6) is -1.05. The van der Waals surface area contributed by atoms with Crippen LogP contribution in [0.25, 0.3) is 0 Å². The first-order valence-corrected chi connectivity index (χ1v) is 15.3. The van der Waals surface area contributed by atoms with Crippen LogP contribution in [0.4, 0.5) is 10.1 Å². The number of alkyl halides is 1. The number of sulfonamides is 1. The van der Waals surface area contributed by atoms with Crippen molar-refractivity contribution in [1.29, 1.82) is 0 Å². The Labute approximate surface area is 236 Å². The first-order valence-electron chi connectivity index (χ1n) is 12.6. The second kappa shape index (κ2) is 12.7. The number of amides is 3. The molecule has 0 spiro atoms. The molecule has 2 aliphatic rings. The van der Waals surface area contributed by atoms with Crippen LogP contribution in [0.5, 0.6) is 0 Å². The van der Waals surface area contributed by atoms with Gasteiger partial charge in [0, 0.05) is 57.9 Å². The van der Waals surface area contributed by atoms with Crippen LogP contribution < -0.4 is 14.9 Å². The predicted octanol–water partition coefficient (Wildman–Crippen LogP) is 2.03. The summed E-state index contributed by atoms with van der Waals surface area (Å²) >= 11 is 6.99. The summed E-state index contributed by atoms with van der Waals surface area (Å²) in [5.41, 5.74) is 0.902. The Morgan fingerprint density at radius 1 is 1.13 bits per heavy atom. The molecular formula is C25H31ClFN5O5S2. The lowest BCUT2D eigenvalue weighted by Crippen LogP contribution is -2.57. The summed E-state index contributed by atoms with van der Waals surface area (Å²) in [5, 5.41) is 2.64. The van der Waals surface area contributed by atoms with Gasteiger partial charge in [0.1, 0.15) is 12.7 Å². The van der Waals surface area contributed by atoms with Gasteiger partial charge in [0.2, 0.25) is 21.8 Å². The van der Waals surface area contributed by atoms with Crippen molar-refractivity contribution < 1.29 is 27.2 Å². The number of hydrogen-bond donors (Lipinski definition) is 2. The number of carbonyl (C=O) groups is 3. The minimum atomic E-state index is -4.24. The average molecular weight is 600 g/mol. The zero-order valence-electron chi connectivity index (χ0n) is 21.5. The van der Waals surface area contributed by atoms with Gasteiger partial charge in [-0.25, -0.2) is 12.8 Å². The molecule has 2 N–H and O–H groups in total. The Hall–Kier alpha value is -2.58. The molecule has 0 saturated carbocycles. The Kier molecular flexibility index (Phi) is 9.60. The summed E-state index contributed by atoms with van der Waals surface area (Å²) < 4.78 is 42.8. The van der Waals surface area contributed by atoms with E-state index in [2.05, 4.69) is 10.0 Å². The number of halogens is 2. The van der Waals surface area contributed by atoms with Crippen LogP contribution in [-0.4, -0.2) is 94.5 Å². The molecule has 2 aliphatic heterocycles. The smallest absolute Gasteiger partial charge is 0.261 e. The molecule has 4 rings (SSSR count). The van der Waals surface area contributed by atoms with Gasteiger partial charge in [0.05, 0.1) is 14.1 Å². The van der Waals surface area contributed by atoms with Gasteiger partial charge in [-0.3, -0.25) is 19.3 Å². The van der Waals surface area contributed by atoms with E-state index in [9.17, 15) is 27.2 Å². The number of piperazine rings is 1. The van der Waals surface area contributed by atoms with Crippen molar-refractivity contribution in [3.63, 3.8) is 0 Å². The molecule has 14 heteroatoms. The Balaban J connectivity index is 1.55. The monoisotopic (exact) mass is 599 g/mol. The first-order chi connectivity index (χ1) is 18.6. The normalized spacial score (nSPS) is 17.5. The van der Waals surface area contributed by atoms with Crippen LogP contribution in [0.2, 0.25) is 4.34 Å². The first kappa shape index (κ1) is 29.4. The highest BCUT2D eigenvalue weighted by Crippen LogP contribution is 2.29. The molecule has 2 saturated heterocycles. The fourth-order valence-corrected chi connectivity index (χ4v) is 7.18. The third kappa shape index (κ3) is 6.95. The molecule has 0 aliphatic carbocycles. The highest BCUT2D eigenvalue weighted by Gasteiger charge is 2.33. The fraction of sp³-hybridized carbons (Fsp3) is 0.480. The van der Waals surface area contributed by atoms with Crippen LogP contribution in [0, 0.1) is 6.92 Å². The number of nitrogens with zero attached hydrogens (tertiary/aromatic N) is 3. The molecule has 0 radical (unpaired) electrons. The van der Waals surface area contributed by atoms with Gasteiger partial charge in [0.25, 0.3) is 5.91 Å². The zero-order chi connectivity index (χ0) is 28.2. The average Bonchev–Trinajstić information content (AvgIpc) is 3.54. The van der Waals surface area contributed by atoms with E-state index in [4.69, 9.17) is 11.6 Å². The van der Waals surface area contributed by atoms with E-state index in [1.54, 1.807) is 36.1 Å². The molecule has 2 aromatic rings. The lowest BCUT2D eigenvalue weighted by atomic mass is 10.2. The molecule has 1 atom stereocenters. The largest absolute Gasteiger partial charge is 0.349 e. The zero-order valence-corrected chi connectivity index (χ0v) is 23.9. The summed E-state index contributed by atoms with van der Waals surface area (Å²) in [6, 6.07) is 6.51. The van der Waals surface area contributed by atoms with Crippen LogP contribution in [0.3, 0.4) is 0 Å². The minimum Gasteiger partial charge on any atom is -0.349 e. The van der Waals surface area contributed by atoms with Crippen molar-refractivity contribution in [2.75, 3.05) is 57.4 Å². The second-order valence-corrected chi connectivity index (χ2v) is 12.8. The SMILES string of the molecule is Cc1c(N2CCCC2=O)cccc1S(=O)(=O)N[C@@H](CNC(=O)c1ccc(Cl)s1)C(=O)N1CCN(CCF)CC1. The van der Waals surface area contributed by atoms with E-state index in [1.165, 1.54) is 11.0 Å². The number of thiophene rings is 1. The molecule has 1 aromatic carbocycles. The summed E-state index contributed by atoms with van der Waals surface area (Å²) in [6.45, 7) is 3.14. The Morgan fingerprint density at radius 3 is 2.49 bits per heavy atom. The molecule has 39 heavy (non-hydrogen) atoms. The molecule has 0 unspecified atom stereocenters. The van der Waals surface area contributed by atoms with E-state index >= 15 is 0 Å². The molecular weight excluding hydrogens is 569 g/mol. The van der Waals surface area contributed by atoms with E-state index in [-0.39, 0.29) is 23.9 Å². The predicted molar refractivity (Wildman–Crippen MR) is 148 cm³/mol. The van der Waals surface area contributed by atoms with Gasteiger partial charge in [-0.05, 0) is 43.2 Å². The van der Waals surface area contributed by atoms with Gasteiger partial charge in [-0.2, -0.15) is 4.72 Å². The third-order valence-electron chi connectivity index (χ3n) is 6.85. The Bertz CT molecular complexity index is 1330. The molecule has 2 fully saturated rings. The maximum atomic E-state index is 13.6.